The van der Waals surface area contributed by atoms with Gasteiger partial charge >= 0.3 is 0 Å². The summed E-state index contributed by atoms with van der Waals surface area (Å²) in [6.07, 6.45) is 2.40. The van der Waals surface area contributed by atoms with E-state index in [1.807, 2.05) is 35.8 Å². The van der Waals surface area contributed by atoms with Gasteiger partial charge in [-0.3, -0.25) is 9.67 Å². The van der Waals surface area contributed by atoms with Gasteiger partial charge in [-0.15, -0.1) is 0 Å². The molecule has 0 spiro atoms. The van der Waals surface area contributed by atoms with Crippen LogP contribution in [0.4, 0.5) is 0 Å². The number of nitrogens with zero attached hydrogens (tertiary/aromatic N) is 2. The number of H-pyrrole nitrogens is 1. The van der Waals surface area contributed by atoms with Crippen molar-refractivity contribution in [3.8, 4) is 11.4 Å². The van der Waals surface area contributed by atoms with Gasteiger partial charge in [0.25, 0.3) is 0 Å². The number of benzene rings is 1. The second-order valence-corrected chi connectivity index (χ2v) is 4.81. The summed E-state index contributed by atoms with van der Waals surface area (Å²) in [6.45, 7) is 2.64. The number of hydrogen-bond acceptors (Lipinski definition) is 3. The summed E-state index contributed by atoms with van der Waals surface area (Å²) in [5, 5.41) is 7.22. The zero-order chi connectivity index (χ0) is 12.5. The standard InChI is InChI=1S/C13H15N3OS/c1-2-17-11-5-3-4-10(8-11)16-12(9-6-7-9)14-15-13(16)18/h3-5,8-9H,2,6-7H2,1H3,(H,15,18). The van der Waals surface area contributed by atoms with Gasteiger partial charge < -0.3 is 4.74 Å². The van der Waals surface area contributed by atoms with Gasteiger partial charge in [0.15, 0.2) is 4.77 Å². The van der Waals surface area contributed by atoms with Crippen LogP contribution in [0.2, 0.25) is 0 Å². The molecule has 18 heavy (non-hydrogen) atoms. The summed E-state index contributed by atoms with van der Waals surface area (Å²) in [6, 6.07) is 7.96. The highest BCUT2D eigenvalue weighted by Gasteiger charge is 2.29. The van der Waals surface area contributed by atoms with E-state index in [1.165, 1.54) is 12.8 Å². The molecule has 0 saturated heterocycles. The number of nitrogens with one attached hydrogen (secondary N) is 1. The van der Waals surface area contributed by atoms with Crippen LogP contribution in [0.5, 0.6) is 5.75 Å². The Kier molecular flexibility index (Phi) is 2.91. The molecule has 94 valence electrons. The van der Waals surface area contributed by atoms with Crippen molar-refractivity contribution in [2.75, 3.05) is 6.61 Å². The molecular formula is C13H15N3OS. The monoisotopic (exact) mass is 261 g/mol. The predicted octanol–water partition coefficient (Wildman–Crippen LogP) is 3.21. The van der Waals surface area contributed by atoms with E-state index in [4.69, 9.17) is 17.0 Å². The molecule has 1 aliphatic rings. The third-order valence-electron chi connectivity index (χ3n) is 3.03. The van der Waals surface area contributed by atoms with E-state index in [2.05, 4.69) is 10.2 Å². The molecule has 5 heteroatoms. The normalized spacial score (nSPS) is 14.7. The third-order valence-corrected chi connectivity index (χ3v) is 3.30. The molecule has 0 bridgehead atoms. The van der Waals surface area contributed by atoms with Crippen LogP contribution in [0.1, 0.15) is 31.5 Å². The summed E-state index contributed by atoms with van der Waals surface area (Å²) in [5.41, 5.74) is 1.02. The van der Waals surface area contributed by atoms with E-state index in [9.17, 15) is 0 Å². The minimum atomic E-state index is 0.550. The Labute approximate surface area is 111 Å². The largest absolute Gasteiger partial charge is 0.494 e. The fourth-order valence-electron chi connectivity index (χ4n) is 2.05. The number of aromatic nitrogens is 3. The molecule has 1 N–H and O–H groups in total. The summed E-state index contributed by atoms with van der Waals surface area (Å²) < 4.78 is 8.18. The minimum absolute atomic E-state index is 0.550. The van der Waals surface area contributed by atoms with Gasteiger partial charge in [0.05, 0.1) is 12.3 Å². The van der Waals surface area contributed by atoms with E-state index >= 15 is 0 Å². The van der Waals surface area contributed by atoms with Crippen LogP contribution in [0.3, 0.4) is 0 Å². The van der Waals surface area contributed by atoms with Crippen molar-refractivity contribution >= 4 is 12.2 Å². The fourth-order valence-corrected chi connectivity index (χ4v) is 2.30. The highest BCUT2D eigenvalue weighted by Crippen LogP contribution is 2.39. The first-order valence-electron chi connectivity index (χ1n) is 6.20. The van der Waals surface area contributed by atoms with Crippen LogP contribution >= 0.6 is 12.2 Å². The van der Waals surface area contributed by atoms with Gasteiger partial charge in [-0.05, 0) is 44.1 Å². The Hall–Kier alpha value is -1.62. The molecule has 0 aliphatic heterocycles. The molecular weight excluding hydrogens is 246 g/mol. The van der Waals surface area contributed by atoms with Gasteiger partial charge in [-0.25, -0.2) is 0 Å². The number of hydrogen-bond donors (Lipinski definition) is 1. The smallest absolute Gasteiger partial charge is 0.199 e. The van der Waals surface area contributed by atoms with Crippen LogP contribution in [0.25, 0.3) is 5.69 Å². The molecule has 1 fully saturated rings. The van der Waals surface area contributed by atoms with Crippen molar-refractivity contribution < 1.29 is 4.74 Å². The second-order valence-electron chi connectivity index (χ2n) is 4.43. The van der Waals surface area contributed by atoms with Crippen LogP contribution in [-0.4, -0.2) is 21.4 Å². The molecule has 1 heterocycles. The molecule has 3 rings (SSSR count). The van der Waals surface area contributed by atoms with Gasteiger partial charge in [-0.2, -0.15) is 5.10 Å². The molecule has 0 radical (unpaired) electrons. The van der Waals surface area contributed by atoms with E-state index in [0.29, 0.717) is 17.3 Å². The minimum Gasteiger partial charge on any atom is -0.494 e. The quantitative estimate of drug-likeness (QED) is 0.859. The highest BCUT2D eigenvalue weighted by molar-refractivity contribution is 7.71. The molecule has 1 aliphatic carbocycles. The first kappa shape index (κ1) is 11.5. The van der Waals surface area contributed by atoms with Crippen molar-refractivity contribution in [3.05, 3.63) is 34.9 Å². The van der Waals surface area contributed by atoms with Crippen LogP contribution in [0, 0.1) is 4.77 Å². The van der Waals surface area contributed by atoms with Gasteiger partial charge in [0.1, 0.15) is 11.6 Å². The van der Waals surface area contributed by atoms with Gasteiger partial charge in [0.2, 0.25) is 0 Å². The van der Waals surface area contributed by atoms with E-state index in [0.717, 1.165) is 17.3 Å². The first-order valence-corrected chi connectivity index (χ1v) is 6.61. The lowest BCUT2D eigenvalue weighted by Gasteiger charge is -2.08. The topological polar surface area (TPSA) is 42.8 Å². The lowest BCUT2D eigenvalue weighted by molar-refractivity contribution is 0.340. The maximum Gasteiger partial charge on any atom is 0.199 e. The lowest BCUT2D eigenvalue weighted by atomic mass is 10.3. The Bertz CT molecular complexity index is 613. The predicted molar refractivity (Wildman–Crippen MR) is 71.9 cm³/mol. The van der Waals surface area contributed by atoms with Crippen molar-refractivity contribution in [1.82, 2.24) is 14.8 Å². The summed E-state index contributed by atoms with van der Waals surface area (Å²) in [5.74, 6) is 2.45. The Balaban J connectivity index is 2.06. The van der Waals surface area contributed by atoms with Crippen LogP contribution < -0.4 is 4.74 Å². The second kappa shape index (κ2) is 4.57. The lowest BCUT2D eigenvalue weighted by Crippen LogP contribution is -2.01. The van der Waals surface area contributed by atoms with Crippen molar-refractivity contribution in [3.63, 3.8) is 0 Å². The average molecular weight is 261 g/mol. The summed E-state index contributed by atoms with van der Waals surface area (Å²) in [4.78, 5) is 0. The highest BCUT2D eigenvalue weighted by atomic mass is 32.1. The number of aromatic amines is 1. The van der Waals surface area contributed by atoms with Crippen LogP contribution in [0.15, 0.2) is 24.3 Å². The molecule has 1 aromatic heterocycles. The Morgan fingerprint density at radius 3 is 3.06 bits per heavy atom. The first-order chi connectivity index (χ1) is 8.79. The van der Waals surface area contributed by atoms with E-state index in [1.54, 1.807) is 0 Å². The maximum absolute atomic E-state index is 5.52. The van der Waals surface area contributed by atoms with Crippen molar-refractivity contribution in [2.24, 2.45) is 0 Å². The molecule has 1 aromatic carbocycles. The Morgan fingerprint density at radius 1 is 1.50 bits per heavy atom. The SMILES string of the molecule is CCOc1cccc(-n2c(C3CC3)n[nH]c2=S)c1. The zero-order valence-electron chi connectivity index (χ0n) is 10.2. The summed E-state index contributed by atoms with van der Waals surface area (Å²) in [7, 11) is 0. The summed E-state index contributed by atoms with van der Waals surface area (Å²) >= 11 is 5.31. The average Bonchev–Trinajstić information content (AvgIpc) is 3.14. The maximum atomic E-state index is 5.52. The van der Waals surface area contributed by atoms with E-state index in [-0.39, 0.29) is 0 Å². The van der Waals surface area contributed by atoms with Gasteiger partial charge in [-0.1, -0.05) is 6.07 Å². The van der Waals surface area contributed by atoms with Crippen molar-refractivity contribution in [1.29, 1.82) is 0 Å². The van der Waals surface area contributed by atoms with Crippen molar-refractivity contribution in [2.45, 2.75) is 25.7 Å². The molecule has 1 saturated carbocycles. The van der Waals surface area contributed by atoms with Gasteiger partial charge in [0, 0.05) is 12.0 Å². The van der Waals surface area contributed by atoms with E-state index < -0.39 is 0 Å². The number of ether oxygens (including phenoxy) is 1. The molecule has 0 amide bonds. The zero-order valence-corrected chi connectivity index (χ0v) is 11.0. The third kappa shape index (κ3) is 2.06. The fraction of sp³-hybridized carbons (Fsp3) is 0.385. The molecule has 0 atom stereocenters. The Morgan fingerprint density at radius 2 is 2.33 bits per heavy atom. The molecule has 2 aromatic rings. The molecule has 4 nitrogen and oxygen atoms in total. The molecule has 0 unspecified atom stereocenters. The van der Waals surface area contributed by atoms with Crippen LogP contribution in [-0.2, 0) is 0 Å². The number of rotatable bonds is 4.